The van der Waals surface area contributed by atoms with Gasteiger partial charge in [0.25, 0.3) is 0 Å². The summed E-state index contributed by atoms with van der Waals surface area (Å²) in [4.78, 5) is 0. The van der Waals surface area contributed by atoms with Gasteiger partial charge >= 0.3 is 0 Å². The standard InChI is InChI=1S/C16H17F2NO/c1-10-3-5-12(6-4-10)16(11(2)19)20-13-7-8-14(17)15(18)9-13/h3-9,11,16H,19H2,1-2H3. The van der Waals surface area contributed by atoms with Crippen LogP contribution in [0.2, 0.25) is 0 Å². The summed E-state index contributed by atoms with van der Waals surface area (Å²) in [6.07, 6.45) is -0.416. The van der Waals surface area contributed by atoms with Gasteiger partial charge in [-0.15, -0.1) is 0 Å². The first-order valence-electron chi connectivity index (χ1n) is 6.41. The highest BCUT2D eigenvalue weighted by molar-refractivity contribution is 5.28. The van der Waals surface area contributed by atoms with Crippen LogP contribution >= 0.6 is 0 Å². The van der Waals surface area contributed by atoms with Crippen molar-refractivity contribution in [3.05, 3.63) is 65.2 Å². The fourth-order valence-electron chi connectivity index (χ4n) is 1.93. The first-order valence-corrected chi connectivity index (χ1v) is 6.41. The number of benzene rings is 2. The zero-order valence-corrected chi connectivity index (χ0v) is 11.4. The summed E-state index contributed by atoms with van der Waals surface area (Å²) in [5.74, 6) is -1.58. The van der Waals surface area contributed by atoms with E-state index in [0.717, 1.165) is 23.3 Å². The molecule has 0 saturated carbocycles. The average molecular weight is 277 g/mol. The van der Waals surface area contributed by atoms with Crippen LogP contribution in [0.25, 0.3) is 0 Å². The van der Waals surface area contributed by atoms with Crippen LogP contribution in [0.15, 0.2) is 42.5 Å². The SMILES string of the molecule is Cc1ccc(C(Oc2ccc(F)c(F)c2)C(C)N)cc1. The lowest BCUT2D eigenvalue weighted by atomic mass is 10.0. The van der Waals surface area contributed by atoms with Gasteiger partial charge in [-0.25, -0.2) is 8.78 Å². The molecule has 0 spiro atoms. The Bertz CT molecular complexity index is 582. The van der Waals surface area contributed by atoms with Gasteiger partial charge in [-0.1, -0.05) is 29.8 Å². The third kappa shape index (κ3) is 3.33. The van der Waals surface area contributed by atoms with E-state index in [-0.39, 0.29) is 11.8 Å². The largest absolute Gasteiger partial charge is 0.484 e. The van der Waals surface area contributed by atoms with Crippen LogP contribution in [0.4, 0.5) is 8.78 Å². The quantitative estimate of drug-likeness (QED) is 0.924. The van der Waals surface area contributed by atoms with Crippen molar-refractivity contribution < 1.29 is 13.5 Å². The van der Waals surface area contributed by atoms with Crippen LogP contribution in [0.3, 0.4) is 0 Å². The molecule has 4 heteroatoms. The molecule has 2 rings (SSSR count). The molecule has 2 nitrogen and oxygen atoms in total. The van der Waals surface area contributed by atoms with Crippen molar-refractivity contribution in [2.75, 3.05) is 0 Å². The molecule has 0 heterocycles. The molecule has 20 heavy (non-hydrogen) atoms. The van der Waals surface area contributed by atoms with Crippen LogP contribution < -0.4 is 10.5 Å². The van der Waals surface area contributed by atoms with Crippen LogP contribution in [0.1, 0.15) is 24.2 Å². The Labute approximate surface area is 117 Å². The van der Waals surface area contributed by atoms with Crippen LogP contribution in [-0.4, -0.2) is 6.04 Å². The van der Waals surface area contributed by atoms with Crippen LogP contribution in [0.5, 0.6) is 5.75 Å². The van der Waals surface area contributed by atoms with E-state index in [0.29, 0.717) is 0 Å². The molecule has 0 saturated heterocycles. The molecule has 0 aliphatic heterocycles. The van der Waals surface area contributed by atoms with E-state index in [2.05, 4.69) is 0 Å². The Kier molecular flexibility index (Phi) is 4.35. The molecule has 0 fully saturated rings. The molecule has 0 aromatic heterocycles. The van der Waals surface area contributed by atoms with Gasteiger partial charge in [-0.2, -0.15) is 0 Å². The summed E-state index contributed by atoms with van der Waals surface area (Å²) in [6.45, 7) is 3.80. The van der Waals surface area contributed by atoms with Gasteiger partial charge in [0.1, 0.15) is 11.9 Å². The minimum absolute atomic E-state index is 0.256. The van der Waals surface area contributed by atoms with E-state index >= 15 is 0 Å². The maximum absolute atomic E-state index is 13.2. The van der Waals surface area contributed by atoms with E-state index < -0.39 is 17.7 Å². The van der Waals surface area contributed by atoms with E-state index in [9.17, 15) is 8.78 Å². The van der Waals surface area contributed by atoms with Crippen molar-refractivity contribution in [1.82, 2.24) is 0 Å². The molecule has 2 aromatic carbocycles. The predicted octanol–water partition coefficient (Wildman–Crippen LogP) is 3.74. The van der Waals surface area contributed by atoms with E-state index in [4.69, 9.17) is 10.5 Å². The molecule has 2 atom stereocenters. The lowest BCUT2D eigenvalue weighted by Crippen LogP contribution is -2.29. The van der Waals surface area contributed by atoms with E-state index in [1.165, 1.54) is 6.07 Å². The fourth-order valence-corrected chi connectivity index (χ4v) is 1.93. The van der Waals surface area contributed by atoms with Gasteiger partial charge < -0.3 is 10.5 Å². The molecular weight excluding hydrogens is 260 g/mol. The molecule has 0 aliphatic rings. The maximum atomic E-state index is 13.2. The van der Waals surface area contributed by atoms with Gasteiger partial charge in [0, 0.05) is 12.1 Å². The monoisotopic (exact) mass is 277 g/mol. The Morgan fingerprint density at radius 2 is 1.65 bits per heavy atom. The topological polar surface area (TPSA) is 35.2 Å². The Morgan fingerprint density at radius 3 is 2.20 bits per heavy atom. The van der Waals surface area contributed by atoms with Crippen molar-refractivity contribution in [3.63, 3.8) is 0 Å². The van der Waals surface area contributed by atoms with Gasteiger partial charge in [0.15, 0.2) is 11.6 Å². The molecule has 0 amide bonds. The third-order valence-electron chi connectivity index (χ3n) is 3.04. The van der Waals surface area contributed by atoms with Crippen molar-refractivity contribution in [3.8, 4) is 5.75 Å². The number of halogens is 2. The van der Waals surface area contributed by atoms with Crippen molar-refractivity contribution in [2.45, 2.75) is 26.0 Å². The van der Waals surface area contributed by atoms with Gasteiger partial charge in [-0.3, -0.25) is 0 Å². The molecular formula is C16H17F2NO. The van der Waals surface area contributed by atoms with Crippen molar-refractivity contribution in [1.29, 1.82) is 0 Å². The lowest BCUT2D eigenvalue weighted by Gasteiger charge is -2.23. The first kappa shape index (κ1) is 14.5. The molecule has 2 aromatic rings. The number of aryl methyl sites for hydroxylation is 1. The molecule has 0 bridgehead atoms. The fraction of sp³-hybridized carbons (Fsp3) is 0.250. The number of rotatable bonds is 4. The highest BCUT2D eigenvalue weighted by Gasteiger charge is 2.18. The second-order valence-corrected chi connectivity index (χ2v) is 4.88. The highest BCUT2D eigenvalue weighted by atomic mass is 19.2. The Balaban J connectivity index is 2.25. The molecule has 2 N–H and O–H groups in total. The lowest BCUT2D eigenvalue weighted by molar-refractivity contribution is 0.179. The van der Waals surface area contributed by atoms with Gasteiger partial charge in [0.05, 0.1) is 0 Å². The number of hydrogen-bond acceptors (Lipinski definition) is 2. The van der Waals surface area contributed by atoms with Crippen molar-refractivity contribution >= 4 is 0 Å². The summed E-state index contributed by atoms with van der Waals surface area (Å²) in [5.41, 5.74) is 7.96. The number of ether oxygens (including phenoxy) is 1. The highest BCUT2D eigenvalue weighted by Crippen LogP contribution is 2.25. The van der Waals surface area contributed by atoms with Crippen LogP contribution in [0, 0.1) is 18.6 Å². The zero-order valence-electron chi connectivity index (χ0n) is 11.4. The number of hydrogen-bond donors (Lipinski definition) is 1. The Hall–Kier alpha value is -1.94. The molecule has 106 valence electrons. The van der Waals surface area contributed by atoms with Crippen molar-refractivity contribution in [2.24, 2.45) is 5.73 Å². The van der Waals surface area contributed by atoms with Crippen LogP contribution in [-0.2, 0) is 0 Å². The van der Waals surface area contributed by atoms with E-state index in [1.54, 1.807) is 0 Å². The first-order chi connectivity index (χ1) is 9.47. The van der Waals surface area contributed by atoms with Gasteiger partial charge in [-0.05, 0) is 31.5 Å². The smallest absolute Gasteiger partial charge is 0.162 e. The Morgan fingerprint density at radius 1 is 1.00 bits per heavy atom. The second-order valence-electron chi connectivity index (χ2n) is 4.88. The normalized spacial score (nSPS) is 13.8. The summed E-state index contributed by atoms with van der Waals surface area (Å²) in [6, 6.07) is 10.9. The summed E-state index contributed by atoms with van der Waals surface area (Å²) in [7, 11) is 0. The molecule has 0 radical (unpaired) electrons. The summed E-state index contributed by atoms with van der Waals surface area (Å²) >= 11 is 0. The minimum atomic E-state index is -0.935. The summed E-state index contributed by atoms with van der Waals surface area (Å²) < 4.78 is 31.8. The van der Waals surface area contributed by atoms with E-state index in [1.807, 2.05) is 38.1 Å². The third-order valence-corrected chi connectivity index (χ3v) is 3.04. The number of nitrogens with two attached hydrogens (primary N) is 1. The minimum Gasteiger partial charge on any atom is -0.484 e. The average Bonchev–Trinajstić information content (AvgIpc) is 2.41. The summed E-state index contributed by atoms with van der Waals surface area (Å²) in [5, 5.41) is 0. The molecule has 0 aliphatic carbocycles. The predicted molar refractivity (Wildman–Crippen MR) is 74.6 cm³/mol. The maximum Gasteiger partial charge on any atom is 0.162 e. The zero-order chi connectivity index (χ0) is 14.7. The molecule has 2 unspecified atom stereocenters. The van der Waals surface area contributed by atoms with Gasteiger partial charge in [0.2, 0.25) is 0 Å². The second kappa shape index (κ2) is 6.01.